The van der Waals surface area contributed by atoms with E-state index >= 15 is 0 Å². The third kappa shape index (κ3) is 4.54. The summed E-state index contributed by atoms with van der Waals surface area (Å²) < 4.78 is 60.6. The minimum Gasteiger partial charge on any atom is -0.429 e. The summed E-state index contributed by atoms with van der Waals surface area (Å²) in [5, 5.41) is 0. The van der Waals surface area contributed by atoms with Crippen molar-refractivity contribution in [1.82, 2.24) is 0 Å². The maximum absolute atomic E-state index is 14.4. The number of ether oxygens (including phenoxy) is 1. The van der Waals surface area contributed by atoms with Gasteiger partial charge < -0.3 is 4.74 Å². The average molecular weight is 397 g/mol. The number of alkyl halides is 2. The van der Waals surface area contributed by atoms with Crippen LogP contribution in [0.3, 0.4) is 0 Å². The van der Waals surface area contributed by atoms with Gasteiger partial charge in [0.1, 0.15) is 17.4 Å². The molecule has 0 N–H and O–H groups in total. The molecular formula is C21H24F4OSi. The lowest BCUT2D eigenvalue weighted by molar-refractivity contribution is -0.185. The van der Waals surface area contributed by atoms with Crippen molar-refractivity contribution in [3.8, 4) is 5.75 Å². The Kier molecular flexibility index (Phi) is 5.94. The van der Waals surface area contributed by atoms with Gasteiger partial charge in [-0.15, -0.1) is 0 Å². The summed E-state index contributed by atoms with van der Waals surface area (Å²) in [5.41, 5.74) is 0.504. The lowest BCUT2D eigenvalue weighted by Crippen LogP contribution is -2.22. The molecule has 0 aromatic heterocycles. The predicted molar refractivity (Wildman–Crippen MR) is 102 cm³/mol. The van der Waals surface area contributed by atoms with Gasteiger partial charge in [0, 0.05) is 27.9 Å². The van der Waals surface area contributed by atoms with Crippen LogP contribution in [-0.4, -0.2) is 10.2 Å². The first-order chi connectivity index (χ1) is 12.8. The van der Waals surface area contributed by atoms with Gasteiger partial charge in [0.25, 0.3) is 0 Å². The summed E-state index contributed by atoms with van der Waals surface area (Å²) >= 11 is 0. The molecule has 2 aromatic carbocycles. The fourth-order valence-electron chi connectivity index (χ4n) is 3.74. The zero-order valence-electron chi connectivity index (χ0n) is 15.6. The van der Waals surface area contributed by atoms with Gasteiger partial charge in [-0.3, -0.25) is 0 Å². The second-order valence-corrected chi connectivity index (χ2v) is 8.20. The van der Waals surface area contributed by atoms with Crippen molar-refractivity contribution in [1.29, 1.82) is 0 Å². The van der Waals surface area contributed by atoms with Crippen LogP contribution in [0.25, 0.3) is 0 Å². The van der Waals surface area contributed by atoms with Gasteiger partial charge >= 0.3 is 6.11 Å². The molecule has 0 bridgehead atoms. The van der Waals surface area contributed by atoms with Crippen LogP contribution in [0.1, 0.15) is 48.3 Å². The van der Waals surface area contributed by atoms with Crippen molar-refractivity contribution in [2.45, 2.75) is 50.7 Å². The molecule has 146 valence electrons. The smallest absolute Gasteiger partial charge is 0.426 e. The van der Waals surface area contributed by atoms with Crippen molar-refractivity contribution in [2.24, 2.45) is 5.92 Å². The highest BCUT2D eigenvalue weighted by Gasteiger charge is 2.35. The van der Waals surface area contributed by atoms with Crippen molar-refractivity contribution in [3.05, 3.63) is 64.7 Å². The Bertz CT molecular complexity index is 760. The van der Waals surface area contributed by atoms with E-state index in [-0.39, 0.29) is 11.1 Å². The Labute approximate surface area is 160 Å². The molecule has 0 atom stereocenters. The topological polar surface area (TPSA) is 9.23 Å². The molecule has 0 heterocycles. The van der Waals surface area contributed by atoms with Gasteiger partial charge in [-0.25, -0.2) is 8.78 Å². The molecular weight excluding hydrogens is 372 g/mol. The third-order valence-electron chi connectivity index (χ3n) is 5.64. The van der Waals surface area contributed by atoms with Crippen molar-refractivity contribution < 1.29 is 22.3 Å². The fraction of sp³-hybridized carbons (Fsp3) is 0.429. The Hall–Kier alpha value is -1.82. The molecule has 0 spiro atoms. The second-order valence-electron chi connectivity index (χ2n) is 7.38. The van der Waals surface area contributed by atoms with Crippen LogP contribution in [0, 0.1) is 24.5 Å². The van der Waals surface area contributed by atoms with E-state index in [0.29, 0.717) is 5.92 Å². The van der Waals surface area contributed by atoms with Gasteiger partial charge in [-0.2, -0.15) is 8.78 Å². The van der Waals surface area contributed by atoms with Gasteiger partial charge in [0.05, 0.1) is 5.56 Å². The molecule has 1 saturated carbocycles. The Morgan fingerprint density at radius 3 is 2.07 bits per heavy atom. The molecule has 0 aliphatic heterocycles. The Morgan fingerprint density at radius 1 is 1.00 bits per heavy atom. The first-order valence-electron chi connectivity index (χ1n) is 9.43. The standard InChI is InChI=1S/C21H24F4OSi/c1-13-19(22)10-18(11-20(13)23)26-21(24,25)17-8-6-16(7-9-17)15-4-2-14(12-27)3-5-15/h6-11,14-15H,2-5,12H2,1,27H3. The van der Waals surface area contributed by atoms with Gasteiger partial charge in [-0.1, -0.05) is 31.0 Å². The van der Waals surface area contributed by atoms with Gasteiger partial charge in [-0.05, 0) is 49.3 Å². The number of halogens is 4. The van der Waals surface area contributed by atoms with E-state index in [1.807, 2.05) is 0 Å². The molecule has 27 heavy (non-hydrogen) atoms. The van der Waals surface area contributed by atoms with E-state index in [9.17, 15) is 17.6 Å². The molecule has 1 aliphatic rings. The molecule has 0 unspecified atom stereocenters. The predicted octanol–water partition coefficient (Wildman–Crippen LogP) is 5.46. The van der Waals surface area contributed by atoms with Gasteiger partial charge in [0.2, 0.25) is 0 Å². The first-order valence-corrected chi connectivity index (χ1v) is 10.8. The second kappa shape index (κ2) is 8.05. The zero-order valence-corrected chi connectivity index (χ0v) is 17.6. The van der Waals surface area contributed by atoms with E-state index in [1.165, 1.54) is 48.2 Å². The molecule has 0 amide bonds. The Morgan fingerprint density at radius 2 is 1.56 bits per heavy atom. The molecule has 6 heteroatoms. The number of hydrogen-bond acceptors (Lipinski definition) is 1. The number of rotatable bonds is 5. The molecule has 3 rings (SSSR count). The lowest BCUT2D eigenvalue weighted by Gasteiger charge is -2.28. The maximum atomic E-state index is 14.4. The minimum atomic E-state index is -3.67. The monoisotopic (exact) mass is 396 g/mol. The number of hydrogen-bond donors (Lipinski definition) is 0. The lowest BCUT2D eigenvalue weighted by atomic mass is 9.79. The van der Waals surface area contributed by atoms with Crippen molar-refractivity contribution >= 4 is 10.2 Å². The van der Waals surface area contributed by atoms with Crippen LogP contribution >= 0.6 is 0 Å². The van der Waals surface area contributed by atoms with Crippen LogP contribution in [0.5, 0.6) is 5.75 Å². The highest BCUT2D eigenvalue weighted by molar-refractivity contribution is 6.08. The van der Waals surface area contributed by atoms with Crippen LogP contribution in [0.2, 0.25) is 6.04 Å². The summed E-state index contributed by atoms with van der Waals surface area (Å²) in [4.78, 5) is 0. The third-order valence-corrected chi connectivity index (χ3v) is 6.80. The van der Waals surface area contributed by atoms with E-state index in [2.05, 4.69) is 4.74 Å². The molecule has 1 aliphatic carbocycles. The molecule has 1 nitrogen and oxygen atoms in total. The summed E-state index contributed by atoms with van der Waals surface area (Å²) in [6.45, 7) is 1.24. The van der Waals surface area contributed by atoms with Crippen molar-refractivity contribution in [2.75, 3.05) is 0 Å². The summed E-state index contributed by atoms with van der Waals surface area (Å²) in [5.74, 6) is -1.12. The largest absolute Gasteiger partial charge is 0.429 e. The van der Waals surface area contributed by atoms with Crippen LogP contribution < -0.4 is 4.74 Å². The molecule has 1 fully saturated rings. The normalized spacial score (nSPS) is 20.6. The molecule has 0 saturated heterocycles. The molecule has 2 aromatic rings. The average Bonchev–Trinajstić information content (AvgIpc) is 2.66. The summed E-state index contributed by atoms with van der Waals surface area (Å²) in [6, 6.07) is 8.99. The first kappa shape index (κ1) is 19.9. The van der Waals surface area contributed by atoms with Crippen molar-refractivity contribution in [3.63, 3.8) is 0 Å². The molecule has 0 radical (unpaired) electrons. The van der Waals surface area contributed by atoms with E-state index in [0.717, 1.165) is 36.5 Å². The maximum Gasteiger partial charge on any atom is 0.426 e. The minimum absolute atomic E-state index is 0.227. The summed E-state index contributed by atoms with van der Waals surface area (Å²) in [6.07, 6.45) is 0.943. The van der Waals surface area contributed by atoms with Crippen LogP contribution in [0.15, 0.2) is 36.4 Å². The van der Waals surface area contributed by atoms with E-state index < -0.39 is 23.5 Å². The number of benzene rings is 2. The fourth-order valence-corrected chi connectivity index (χ4v) is 4.56. The Balaban J connectivity index is 1.72. The summed E-state index contributed by atoms with van der Waals surface area (Å²) in [7, 11) is 1.23. The SMILES string of the molecule is Cc1c(F)cc(OC(F)(F)c2ccc(C3CCC(C[SiH3])CC3)cc2)cc1F. The van der Waals surface area contributed by atoms with Crippen LogP contribution in [0.4, 0.5) is 17.6 Å². The quantitative estimate of drug-likeness (QED) is 0.482. The van der Waals surface area contributed by atoms with E-state index in [1.54, 1.807) is 12.1 Å². The van der Waals surface area contributed by atoms with E-state index in [4.69, 9.17) is 0 Å². The zero-order chi connectivity index (χ0) is 19.6. The van der Waals surface area contributed by atoms with Crippen LogP contribution in [-0.2, 0) is 6.11 Å². The highest BCUT2D eigenvalue weighted by Crippen LogP contribution is 2.38. The highest BCUT2D eigenvalue weighted by atomic mass is 28.1. The van der Waals surface area contributed by atoms with Gasteiger partial charge in [0.15, 0.2) is 0 Å².